The van der Waals surface area contributed by atoms with Crippen LogP contribution in [0.2, 0.25) is 0 Å². The molecule has 2 rings (SSSR count). The minimum Gasteiger partial charge on any atom is -0.489 e. The average Bonchev–Trinajstić information content (AvgIpc) is 2.46. The summed E-state index contributed by atoms with van der Waals surface area (Å²) >= 11 is 6.71. The van der Waals surface area contributed by atoms with Gasteiger partial charge in [-0.2, -0.15) is 0 Å². The van der Waals surface area contributed by atoms with Crippen LogP contribution in [-0.2, 0) is 11.3 Å². The third-order valence-electron chi connectivity index (χ3n) is 2.69. The molecule has 5 heteroatoms. The molecular formula is C15H12Br2O3. The Bertz CT molecular complexity index is 609. The molecule has 0 aliphatic rings. The van der Waals surface area contributed by atoms with Crippen LogP contribution in [0.4, 0.5) is 0 Å². The monoisotopic (exact) mass is 398 g/mol. The number of ether oxygens (including phenoxy) is 2. The molecule has 0 aromatic heterocycles. The lowest BCUT2D eigenvalue weighted by Gasteiger charge is -2.10. The molecule has 3 nitrogen and oxygen atoms in total. The van der Waals surface area contributed by atoms with Crippen molar-refractivity contribution >= 4 is 37.8 Å². The number of rotatable bonds is 4. The minimum atomic E-state index is -0.374. The molecule has 0 fully saturated rings. The van der Waals surface area contributed by atoms with Gasteiger partial charge in [0.1, 0.15) is 12.4 Å². The molecule has 2 aromatic carbocycles. The van der Waals surface area contributed by atoms with Crippen molar-refractivity contribution in [2.24, 2.45) is 0 Å². The molecule has 104 valence electrons. The SMILES string of the molecule is COC(=O)c1cc(Br)ccc1COc1ccc(Br)cc1. The molecule has 20 heavy (non-hydrogen) atoms. The van der Waals surface area contributed by atoms with Gasteiger partial charge >= 0.3 is 5.97 Å². The van der Waals surface area contributed by atoms with E-state index >= 15 is 0 Å². The molecule has 0 saturated carbocycles. The van der Waals surface area contributed by atoms with E-state index in [9.17, 15) is 4.79 Å². The maximum Gasteiger partial charge on any atom is 0.338 e. The molecule has 0 unspecified atom stereocenters. The summed E-state index contributed by atoms with van der Waals surface area (Å²) in [5, 5.41) is 0. The highest BCUT2D eigenvalue weighted by atomic mass is 79.9. The van der Waals surface area contributed by atoms with E-state index in [0.717, 1.165) is 20.3 Å². The molecule has 0 aliphatic carbocycles. The van der Waals surface area contributed by atoms with Crippen molar-refractivity contribution in [2.45, 2.75) is 6.61 Å². The first-order valence-electron chi connectivity index (χ1n) is 5.85. The average molecular weight is 400 g/mol. The highest BCUT2D eigenvalue weighted by Gasteiger charge is 2.12. The molecule has 0 N–H and O–H groups in total. The van der Waals surface area contributed by atoms with Crippen molar-refractivity contribution in [3.8, 4) is 5.75 Å². The minimum absolute atomic E-state index is 0.305. The van der Waals surface area contributed by atoms with Crippen molar-refractivity contribution in [1.29, 1.82) is 0 Å². The summed E-state index contributed by atoms with van der Waals surface area (Å²) in [5.41, 5.74) is 1.28. The third-order valence-corrected chi connectivity index (χ3v) is 3.71. The van der Waals surface area contributed by atoms with Gasteiger partial charge in [0.15, 0.2) is 0 Å². The second kappa shape index (κ2) is 6.90. The fourth-order valence-electron chi connectivity index (χ4n) is 1.67. The third kappa shape index (κ3) is 3.84. The summed E-state index contributed by atoms with van der Waals surface area (Å²) in [5.74, 6) is 0.368. The summed E-state index contributed by atoms with van der Waals surface area (Å²) in [6.45, 7) is 0.305. The van der Waals surface area contributed by atoms with Crippen LogP contribution in [0.25, 0.3) is 0 Å². The first kappa shape index (κ1) is 15.1. The molecule has 0 bridgehead atoms. The summed E-state index contributed by atoms with van der Waals surface area (Å²) in [4.78, 5) is 11.7. The first-order chi connectivity index (χ1) is 9.60. The van der Waals surface area contributed by atoms with Crippen LogP contribution < -0.4 is 4.74 Å². The van der Waals surface area contributed by atoms with Gasteiger partial charge in [-0.25, -0.2) is 4.79 Å². The Morgan fingerprint density at radius 1 is 1.05 bits per heavy atom. The number of hydrogen-bond donors (Lipinski definition) is 0. The summed E-state index contributed by atoms with van der Waals surface area (Å²) in [7, 11) is 1.36. The van der Waals surface area contributed by atoms with Gasteiger partial charge in [0.2, 0.25) is 0 Å². The summed E-state index contributed by atoms with van der Waals surface area (Å²) in [6.07, 6.45) is 0. The lowest BCUT2D eigenvalue weighted by Crippen LogP contribution is -2.08. The molecule has 0 spiro atoms. The van der Waals surface area contributed by atoms with E-state index in [2.05, 4.69) is 31.9 Å². The maximum atomic E-state index is 11.7. The molecule has 0 aliphatic heterocycles. The first-order valence-corrected chi connectivity index (χ1v) is 7.44. The Morgan fingerprint density at radius 3 is 2.35 bits per heavy atom. The molecule has 2 aromatic rings. The van der Waals surface area contributed by atoms with E-state index in [4.69, 9.17) is 9.47 Å². The van der Waals surface area contributed by atoms with Crippen LogP contribution in [0.5, 0.6) is 5.75 Å². The van der Waals surface area contributed by atoms with Crippen LogP contribution in [-0.4, -0.2) is 13.1 Å². The number of methoxy groups -OCH3 is 1. The Labute approximate surface area is 134 Å². The van der Waals surface area contributed by atoms with Crippen molar-refractivity contribution < 1.29 is 14.3 Å². The maximum absolute atomic E-state index is 11.7. The largest absolute Gasteiger partial charge is 0.489 e. The smallest absolute Gasteiger partial charge is 0.338 e. The number of esters is 1. The fraction of sp³-hybridized carbons (Fsp3) is 0.133. The zero-order valence-corrected chi connectivity index (χ0v) is 13.9. The van der Waals surface area contributed by atoms with E-state index in [0.29, 0.717) is 12.2 Å². The van der Waals surface area contributed by atoms with Crippen molar-refractivity contribution in [3.05, 3.63) is 62.5 Å². The molecule has 0 radical (unpaired) electrons. The predicted octanol–water partition coefficient (Wildman–Crippen LogP) is 4.58. The van der Waals surface area contributed by atoms with Gasteiger partial charge in [-0.3, -0.25) is 0 Å². The van der Waals surface area contributed by atoms with Gasteiger partial charge in [-0.05, 0) is 36.4 Å². The summed E-state index contributed by atoms with van der Waals surface area (Å²) in [6, 6.07) is 13.0. The van der Waals surface area contributed by atoms with Gasteiger partial charge in [0.05, 0.1) is 12.7 Å². The molecule has 0 amide bonds. The molecule has 0 atom stereocenters. The van der Waals surface area contributed by atoms with Crippen LogP contribution in [0.3, 0.4) is 0 Å². The number of halogens is 2. The van der Waals surface area contributed by atoms with E-state index < -0.39 is 0 Å². The summed E-state index contributed by atoms with van der Waals surface area (Å²) < 4.78 is 12.3. The quantitative estimate of drug-likeness (QED) is 0.706. The highest BCUT2D eigenvalue weighted by molar-refractivity contribution is 9.10. The lowest BCUT2D eigenvalue weighted by atomic mass is 10.1. The van der Waals surface area contributed by atoms with Gasteiger partial charge < -0.3 is 9.47 Å². The predicted molar refractivity (Wildman–Crippen MR) is 84.0 cm³/mol. The zero-order chi connectivity index (χ0) is 14.5. The van der Waals surface area contributed by atoms with Crippen LogP contribution >= 0.6 is 31.9 Å². The zero-order valence-electron chi connectivity index (χ0n) is 10.7. The second-order valence-electron chi connectivity index (χ2n) is 4.04. The Hall–Kier alpha value is -1.33. The van der Waals surface area contributed by atoms with Gasteiger partial charge in [-0.15, -0.1) is 0 Å². The highest BCUT2D eigenvalue weighted by Crippen LogP contribution is 2.21. The Morgan fingerprint density at radius 2 is 1.70 bits per heavy atom. The Balaban J connectivity index is 2.16. The van der Waals surface area contributed by atoms with E-state index in [1.165, 1.54) is 7.11 Å². The molecule has 0 heterocycles. The fourth-order valence-corrected chi connectivity index (χ4v) is 2.29. The Kier molecular flexibility index (Phi) is 5.20. The number of carbonyl (C=O) groups is 1. The number of hydrogen-bond acceptors (Lipinski definition) is 3. The van der Waals surface area contributed by atoms with Gasteiger partial charge in [-0.1, -0.05) is 37.9 Å². The standard InChI is InChI=1S/C15H12Br2O3/c1-19-15(18)14-8-12(17)3-2-10(14)9-20-13-6-4-11(16)5-7-13/h2-8H,9H2,1H3. The normalized spacial score (nSPS) is 10.2. The van der Waals surface area contributed by atoms with E-state index in [1.807, 2.05) is 36.4 Å². The van der Waals surface area contributed by atoms with Crippen LogP contribution in [0, 0.1) is 0 Å². The van der Waals surface area contributed by atoms with Gasteiger partial charge in [0.25, 0.3) is 0 Å². The second-order valence-corrected chi connectivity index (χ2v) is 5.87. The molecule has 0 saturated heterocycles. The topological polar surface area (TPSA) is 35.5 Å². The van der Waals surface area contributed by atoms with Crippen LogP contribution in [0.1, 0.15) is 15.9 Å². The number of carbonyl (C=O) groups excluding carboxylic acids is 1. The van der Waals surface area contributed by atoms with Crippen molar-refractivity contribution in [1.82, 2.24) is 0 Å². The van der Waals surface area contributed by atoms with Crippen molar-refractivity contribution in [2.75, 3.05) is 7.11 Å². The van der Waals surface area contributed by atoms with Gasteiger partial charge in [0, 0.05) is 14.5 Å². The molecular weight excluding hydrogens is 388 g/mol. The number of benzene rings is 2. The van der Waals surface area contributed by atoms with Crippen molar-refractivity contribution in [3.63, 3.8) is 0 Å². The lowest BCUT2D eigenvalue weighted by molar-refractivity contribution is 0.0597. The van der Waals surface area contributed by atoms with E-state index in [-0.39, 0.29) is 5.97 Å². The van der Waals surface area contributed by atoms with Crippen LogP contribution in [0.15, 0.2) is 51.4 Å². The van der Waals surface area contributed by atoms with E-state index in [1.54, 1.807) is 6.07 Å².